The van der Waals surface area contributed by atoms with E-state index in [-0.39, 0.29) is 42.0 Å². The number of rotatable bonds is 7. The molecular formula is C40H74N2O10. The van der Waals surface area contributed by atoms with Gasteiger partial charge < -0.3 is 53.6 Å². The van der Waals surface area contributed by atoms with Gasteiger partial charge in [-0.1, -0.05) is 34.6 Å². The van der Waals surface area contributed by atoms with Gasteiger partial charge in [0.25, 0.3) is 0 Å². The minimum atomic E-state index is -1.36. The second kappa shape index (κ2) is 16.7. The largest absolute Gasteiger partial charge is 0.459 e. The van der Waals surface area contributed by atoms with Gasteiger partial charge in [-0.25, -0.2) is 0 Å². The van der Waals surface area contributed by atoms with Gasteiger partial charge in [0.2, 0.25) is 0 Å². The highest BCUT2D eigenvalue weighted by molar-refractivity contribution is 5.73. The molecule has 0 unspecified atom stereocenters. The van der Waals surface area contributed by atoms with Crippen LogP contribution in [0.1, 0.15) is 109 Å². The normalized spacial score (nSPS) is 51.5. The monoisotopic (exact) mass is 743 g/mol. The number of aliphatic hydroxyl groups is 2. The van der Waals surface area contributed by atoms with Crippen LogP contribution in [0.25, 0.3) is 0 Å². The topological polar surface area (TPSA) is 141 Å². The first-order valence-electron chi connectivity index (χ1n) is 19.9. The highest BCUT2D eigenvalue weighted by Crippen LogP contribution is 2.51. The fraction of sp³-hybridized carbons (Fsp3) is 0.975. The number of carbonyl (C=O) groups is 1. The molecule has 18 atom stereocenters. The third kappa shape index (κ3) is 8.87. The van der Waals surface area contributed by atoms with Crippen molar-refractivity contribution < 1.29 is 48.2 Å². The molecule has 4 rings (SSSR count). The Kier molecular flexibility index (Phi) is 14.0. The zero-order valence-corrected chi connectivity index (χ0v) is 34.9. The Hall–Kier alpha value is -0.930. The molecule has 0 aliphatic carbocycles. The summed E-state index contributed by atoms with van der Waals surface area (Å²) in [5.74, 6) is -2.09. The van der Waals surface area contributed by atoms with Crippen molar-refractivity contribution in [3.63, 3.8) is 0 Å². The van der Waals surface area contributed by atoms with E-state index in [0.717, 1.165) is 6.42 Å². The van der Waals surface area contributed by atoms with Crippen molar-refractivity contribution in [1.82, 2.24) is 10.2 Å². The van der Waals surface area contributed by atoms with Gasteiger partial charge >= 0.3 is 5.97 Å². The van der Waals surface area contributed by atoms with Gasteiger partial charge in [0.05, 0.1) is 42.5 Å². The smallest absolute Gasteiger partial charge is 0.311 e. The molecule has 4 aliphatic rings. The van der Waals surface area contributed by atoms with Crippen molar-refractivity contribution in [3.05, 3.63) is 0 Å². The van der Waals surface area contributed by atoms with Crippen LogP contribution in [-0.4, -0.2) is 133 Å². The maximum Gasteiger partial charge on any atom is 0.311 e. The van der Waals surface area contributed by atoms with Gasteiger partial charge in [0.15, 0.2) is 12.6 Å². The van der Waals surface area contributed by atoms with E-state index in [9.17, 15) is 15.0 Å². The summed E-state index contributed by atoms with van der Waals surface area (Å²) in [4.78, 5) is 16.5. The standard InChI is InChI=1S/C40H74N2O10/c1-16-31-39(12,45)27(7)28(8)41-20-22(2)18-37(10,44)34(52-36-24(4)30(42(13)14)17-23(3)48-36)25(5)33(26(6)35(43)50-31)51-32-19-38(11,46-15)40(21-47-40)29(9)49-32/h22-34,36,41,44-45H,16-21H2,1-15H3/t22-,23-,24-,25+,26-,27-,28-,29+,30+,31-,32+,33+,34-,36+,37-,38-,39+,40+/m1/s1. The Morgan fingerprint density at radius 3 is 2.13 bits per heavy atom. The van der Waals surface area contributed by atoms with Crippen molar-refractivity contribution in [1.29, 1.82) is 0 Å². The molecule has 0 aromatic carbocycles. The molecule has 304 valence electrons. The van der Waals surface area contributed by atoms with Gasteiger partial charge in [-0.3, -0.25) is 4.79 Å². The number of nitrogens with zero attached hydrogens (tertiary/aromatic N) is 1. The minimum Gasteiger partial charge on any atom is -0.459 e. The van der Waals surface area contributed by atoms with Crippen molar-refractivity contribution in [3.8, 4) is 0 Å². The van der Waals surface area contributed by atoms with Crippen LogP contribution in [0.15, 0.2) is 0 Å². The molecule has 52 heavy (non-hydrogen) atoms. The van der Waals surface area contributed by atoms with E-state index in [1.807, 2.05) is 48.5 Å². The summed E-state index contributed by atoms with van der Waals surface area (Å²) in [7, 11) is 5.82. The molecule has 4 saturated heterocycles. The average molecular weight is 743 g/mol. The minimum absolute atomic E-state index is 0.00112. The number of hydrogen-bond donors (Lipinski definition) is 3. The lowest BCUT2D eigenvalue weighted by atomic mass is 9.77. The number of cyclic esters (lactones) is 1. The lowest BCUT2D eigenvalue weighted by molar-refractivity contribution is -0.308. The highest BCUT2D eigenvalue weighted by Gasteiger charge is 2.67. The second-order valence-electron chi connectivity index (χ2n) is 18.0. The number of carbonyl (C=O) groups excluding carboxylic acids is 1. The van der Waals surface area contributed by atoms with E-state index < -0.39 is 71.1 Å². The van der Waals surface area contributed by atoms with Crippen molar-refractivity contribution in [2.45, 2.75) is 186 Å². The predicted molar refractivity (Wildman–Crippen MR) is 199 cm³/mol. The molecule has 0 saturated carbocycles. The van der Waals surface area contributed by atoms with Crippen molar-refractivity contribution >= 4 is 5.97 Å². The first-order valence-corrected chi connectivity index (χ1v) is 19.9. The summed E-state index contributed by atoms with van der Waals surface area (Å²) in [5, 5.41) is 28.1. The molecular weight excluding hydrogens is 668 g/mol. The van der Waals surface area contributed by atoms with Crippen LogP contribution in [0.2, 0.25) is 0 Å². The lowest BCUT2D eigenvalue weighted by Gasteiger charge is -2.49. The van der Waals surface area contributed by atoms with E-state index in [1.54, 1.807) is 21.0 Å². The molecule has 0 aromatic heterocycles. The Labute approximate surface area is 314 Å². The van der Waals surface area contributed by atoms with Crippen LogP contribution in [0.5, 0.6) is 0 Å². The SMILES string of the molecule is CC[C@H]1OC(=O)[C@H](C)[C@@H](O[C@H]2C[C@@](C)(OC)[C@]3(CO3)[C@H](C)O2)[C@H](C)[C@@H](O[C@@H]2O[C@H](C)C[C@H](N(C)C)[C@H]2C)[C@](C)(O)C[C@@H](C)CN[C@H](C)[C@@H](C)[C@]1(C)O. The molecule has 0 radical (unpaired) electrons. The van der Waals surface area contributed by atoms with Gasteiger partial charge in [-0.2, -0.15) is 0 Å². The fourth-order valence-electron chi connectivity index (χ4n) is 9.52. The van der Waals surface area contributed by atoms with Crippen LogP contribution in [0.3, 0.4) is 0 Å². The molecule has 0 aromatic rings. The van der Waals surface area contributed by atoms with Crippen LogP contribution in [0.4, 0.5) is 0 Å². The Morgan fingerprint density at radius 1 is 0.942 bits per heavy atom. The first kappa shape index (κ1) is 43.8. The zero-order valence-electron chi connectivity index (χ0n) is 34.9. The second-order valence-corrected chi connectivity index (χ2v) is 18.0. The molecule has 4 aliphatic heterocycles. The van der Waals surface area contributed by atoms with Crippen LogP contribution >= 0.6 is 0 Å². The summed E-state index contributed by atoms with van der Waals surface area (Å²) >= 11 is 0. The van der Waals surface area contributed by atoms with Crippen molar-refractivity contribution in [2.24, 2.45) is 29.6 Å². The first-order chi connectivity index (χ1) is 24.0. The maximum atomic E-state index is 14.3. The van der Waals surface area contributed by atoms with Crippen LogP contribution in [0, 0.1) is 29.6 Å². The summed E-state index contributed by atoms with van der Waals surface area (Å²) in [6.07, 6.45) is -2.06. The predicted octanol–water partition coefficient (Wildman–Crippen LogP) is 4.52. The molecule has 1 spiro atoms. The Bertz CT molecular complexity index is 1180. The number of esters is 1. The quantitative estimate of drug-likeness (QED) is 0.250. The van der Waals surface area contributed by atoms with E-state index in [0.29, 0.717) is 32.4 Å². The molecule has 12 nitrogen and oxygen atoms in total. The zero-order chi connectivity index (χ0) is 39.1. The van der Waals surface area contributed by atoms with Crippen LogP contribution < -0.4 is 5.32 Å². The van der Waals surface area contributed by atoms with Gasteiger partial charge in [0.1, 0.15) is 22.9 Å². The molecule has 0 bridgehead atoms. The summed E-state index contributed by atoms with van der Waals surface area (Å²) < 4.78 is 45.2. The number of epoxide rings is 1. The van der Waals surface area contributed by atoms with E-state index in [2.05, 4.69) is 45.1 Å². The number of ether oxygens (including phenoxy) is 7. The number of nitrogens with one attached hydrogen (secondary N) is 1. The van der Waals surface area contributed by atoms with E-state index >= 15 is 0 Å². The third-order valence-corrected chi connectivity index (χ3v) is 13.6. The highest BCUT2D eigenvalue weighted by atomic mass is 16.7. The molecule has 4 fully saturated rings. The van der Waals surface area contributed by atoms with E-state index in [1.165, 1.54) is 0 Å². The Balaban J connectivity index is 1.79. The summed E-state index contributed by atoms with van der Waals surface area (Å²) in [6, 6.07) is 0.114. The van der Waals surface area contributed by atoms with Crippen LogP contribution in [-0.2, 0) is 38.0 Å². The summed E-state index contributed by atoms with van der Waals surface area (Å²) in [6.45, 7) is 24.7. The van der Waals surface area contributed by atoms with Crippen molar-refractivity contribution in [2.75, 3.05) is 34.4 Å². The molecule has 12 heteroatoms. The number of methoxy groups -OCH3 is 1. The van der Waals surface area contributed by atoms with Gasteiger partial charge in [0, 0.05) is 43.4 Å². The maximum absolute atomic E-state index is 14.3. The lowest BCUT2D eigenvalue weighted by Crippen LogP contribution is -2.61. The van der Waals surface area contributed by atoms with Gasteiger partial charge in [-0.05, 0) is 94.3 Å². The van der Waals surface area contributed by atoms with E-state index in [4.69, 9.17) is 33.2 Å². The average Bonchev–Trinajstić information content (AvgIpc) is 3.88. The number of hydrogen-bond acceptors (Lipinski definition) is 12. The fourth-order valence-corrected chi connectivity index (χ4v) is 9.52. The molecule has 0 amide bonds. The summed E-state index contributed by atoms with van der Waals surface area (Å²) in [5.41, 5.74) is -3.92. The third-order valence-electron chi connectivity index (χ3n) is 13.6. The van der Waals surface area contributed by atoms with Gasteiger partial charge in [-0.15, -0.1) is 0 Å². The molecule has 4 heterocycles. The Morgan fingerprint density at radius 2 is 1.58 bits per heavy atom. The molecule has 3 N–H and O–H groups in total.